The molecule has 0 spiro atoms. The Morgan fingerprint density at radius 3 is 1.50 bits per heavy atom. The lowest BCUT2D eigenvalue weighted by Crippen LogP contribution is -2.19. The van der Waals surface area contributed by atoms with Gasteiger partial charge in [-0.3, -0.25) is 0 Å². The molecule has 0 radical (unpaired) electrons. The van der Waals surface area contributed by atoms with Crippen LogP contribution in [0.5, 0.6) is 0 Å². The highest BCUT2D eigenvalue weighted by Gasteiger charge is 2.02. The lowest BCUT2D eigenvalue weighted by molar-refractivity contribution is 0.282. The second kappa shape index (κ2) is 17.0. The van der Waals surface area contributed by atoms with Gasteiger partial charge in [-0.2, -0.15) is 0 Å². The Hall–Kier alpha value is -0.0800. The Labute approximate surface area is 127 Å². The van der Waals surface area contributed by atoms with Crippen LogP contribution in [-0.2, 0) is 0 Å². The standard InChI is InChI=1S/C18H39NO/c1-2-3-4-12-15-18(19)16-13-10-8-6-5-7-9-11-14-17-20/h18,20H,2-17,19H2,1H3. The van der Waals surface area contributed by atoms with Crippen molar-refractivity contribution in [2.24, 2.45) is 5.73 Å². The van der Waals surface area contributed by atoms with E-state index in [0.717, 1.165) is 6.42 Å². The van der Waals surface area contributed by atoms with Crippen LogP contribution in [-0.4, -0.2) is 17.8 Å². The molecule has 0 aromatic rings. The van der Waals surface area contributed by atoms with Crippen molar-refractivity contribution in [2.75, 3.05) is 6.61 Å². The van der Waals surface area contributed by atoms with Crippen LogP contribution in [0.4, 0.5) is 0 Å². The summed E-state index contributed by atoms with van der Waals surface area (Å²) in [6.45, 7) is 2.62. The summed E-state index contributed by atoms with van der Waals surface area (Å²) in [7, 11) is 0. The van der Waals surface area contributed by atoms with E-state index < -0.39 is 0 Å². The molecular formula is C18H39NO. The fraction of sp³-hybridized carbons (Fsp3) is 1.00. The van der Waals surface area contributed by atoms with Crippen LogP contribution < -0.4 is 5.73 Å². The minimum absolute atomic E-state index is 0.360. The smallest absolute Gasteiger partial charge is 0.0431 e. The molecule has 1 atom stereocenters. The highest BCUT2D eigenvalue weighted by Crippen LogP contribution is 2.13. The first-order valence-electron chi connectivity index (χ1n) is 9.17. The predicted molar refractivity (Wildman–Crippen MR) is 90.0 cm³/mol. The Kier molecular flexibility index (Phi) is 16.9. The molecule has 0 aliphatic rings. The van der Waals surface area contributed by atoms with Gasteiger partial charge in [0, 0.05) is 12.6 Å². The third-order valence-electron chi connectivity index (χ3n) is 4.16. The van der Waals surface area contributed by atoms with Crippen molar-refractivity contribution in [3.8, 4) is 0 Å². The van der Waals surface area contributed by atoms with E-state index in [0.29, 0.717) is 12.6 Å². The molecule has 0 aromatic carbocycles. The lowest BCUT2D eigenvalue weighted by Gasteiger charge is -2.11. The third-order valence-corrected chi connectivity index (χ3v) is 4.16. The van der Waals surface area contributed by atoms with Crippen molar-refractivity contribution in [3.05, 3.63) is 0 Å². The van der Waals surface area contributed by atoms with E-state index in [4.69, 9.17) is 10.8 Å². The maximum Gasteiger partial charge on any atom is 0.0431 e. The number of hydrogen-bond acceptors (Lipinski definition) is 2. The van der Waals surface area contributed by atoms with Gasteiger partial charge < -0.3 is 10.8 Å². The average molecular weight is 286 g/mol. The average Bonchev–Trinajstić information content (AvgIpc) is 2.45. The van der Waals surface area contributed by atoms with Crippen LogP contribution in [0.3, 0.4) is 0 Å². The quantitative estimate of drug-likeness (QED) is 0.384. The van der Waals surface area contributed by atoms with Crippen molar-refractivity contribution in [1.29, 1.82) is 0 Å². The molecule has 0 saturated carbocycles. The Morgan fingerprint density at radius 2 is 1.05 bits per heavy atom. The fourth-order valence-electron chi connectivity index (χ4n) is 2.73. The zero-order valence-corrected chi connectivity index (χ0v) is 13.9. The molecule has 0 saturated heterocycles. The van der Waals surface area contributed by atoms with Gasteiger partial charge in [0.05, 0.1) is 0 Å². The lowest BCUT2D eigenvalue weighted by atomic mass is 10.0. The van der Waals surface area contributed by atoms with Gasteiger partial charge in [0.2, 0.25) is 0 Å². The summed E-state index contributed by atoms with van der Waals surface area (Å²) in [5.74, 6) is 0. The summed E-state index contributed by atoms with van der Waals surface area (Å²) >= 11 is 0. The fourth-order valence-corrected chi connectivity index (χ4v) is 2.73. The number of hydrogen-bond donors (Lipinski definition) is 2. The second-order valence-electron chi connectivity index (χ2n) is 6.30. The molecule has 0 fully saturated rings. The number of aliphatic hydroxyl groups is 1. The number of nitrogens with two attached hydrogens (primary N) is 1. The molecule has 0 amide bonds. The van der Waals surface area contributed by atoms with Gasteiger partial charge in [-0.1, -0.05) is 84.0 Å². The summed E-state index contributed by atoms with van der Waals surface area (Å²) < 4.78 is 0. The van der Waals surface area contributed by atoms with Crippen LogP contribution in [0.2, 0.25) is 0 Å². The molecule has 0 aromatic heterocycles. The third kappa shape index (κ3) is 16.0. The van der Waals surface area contributed by atoms with E-state index in [1.165, 1.54) is 89.9 Å². The van der Waals surface area contributed by atoms with Gasteiger partial charge in [-0.25, -0.2) is 0 Å². The maximum atomic E-state index is 8.68. The van der Waals surface area contributed by atoms with Crippen LogP contribution >= 0.6 is 0 Å². The summed E-state index contributed by atoms with van der Waals surface area (Å²) in [4.78, 5) is 0. The molecule has 2 heteroatoms. The monoisotopic (exact) mass is 285 g/mol. The van der Waals surface area contributed by atoms with Crippen molar-refractivity contribution >= 4 is 0 Å². The molecule has 0 aliphatic carbocycles. The Balaban J connectivity index is 3.07. The normalized spacial score (nSPS) is 12.8. The van der Waals surface area contributed by atoms with Crippen molar-refractivity contribution in [1.82, 2.24) is 0 Å². The van der Waals surface area contributed by atoms with Gasteiger partial charge >= 0.3 is 0 Å². The number of unbranched alkanes of at least 4 members (excludes halogenated alkanes) is 11. The minimum atomic E-state index is 0.360. The summed E-state index contributed by atoms with van der Waals surface area (Å²) in [5, 5.41) is 8.68. The molecule has 122 valence electrons. The summed E-state index contributed by atoms with van der Waals surface area (Å²) in [6, 6.07) is 0.449. The molecule has 20 heavy (non-hydrogen) atoms. The Bertz CT molecular complexity index is 173. The first-order chi connectivity index (χ1) is 9.81. The molecule has 0 rings (SSSR count). The maximum absolute atomic E-state index is 8.68. The summed E-state index contributed by atoms with van der Waals surface area (Å²) in [6.07, 6.45) is 19.4. The molecule has 3 N–H and O–H groups in total. The van der Waals surface area contributed by atoms with Gasteiger partial charge in [0.25, 0.3) is 0 Å². The minimum Gasteiger partial charge on any atom is -0.396 e. The Morgan fingerprint density at radius 1 is 0.650 bits per heavy atom. The van der Waals surface area contributed by atoms with Crippen molar-refractivity contribution < 1.29 is 5.11 Å². The van der Waals surface area contributed by atoms with Gasteiger partial charge in [-0.15, -0.1) is 0 Å². The van der Waals surface area contributed by atoms with Crippen LogP contribution in [0.15, 0.2) is 0 Å². The van der Waals surface area contributed by atoms with E-state index in [9.17, 15) is 0 Å². The highest BCUT2D eigenvalue weighted by molar-refractivity contribution is 4.61. The summed E-state index contributed by atoms with van der Waals surface area (Å²) in [5.41, 5.74) is 6.14. The predicted octanol–water partition coefficient (Wildman–Crippen LogP) is 5.18. The van der Waals surface area contributed by atoms with E-state index in [-0.39, 0.29) is 0 Å². The van der Waals surface area contributed by atoms with E-state index in [2.05, 4.69) is 6.92 Å². The number of aliphatic hydroxyl groups excluding tert-OH is 1. The van der Waals surface area contributed by atoms with Crippen molar-refractivity contribution in [3.63, 3.8) is 0 Å². The molecule has 0 bridgehead atoms. The van der Waals surface area contributed by atoms with Gasteiger partial charge in [-0.05, 0) is 19.3 Å². The van der Waals surface area contributed by atoms with Crippen LogP contribution in [0.1, 0.15) is 103 Å². The molecule has 0 heterocycles. The van der Waals surface area contributed by atoms with Crippen LogP contribution in [0.25, 0.3) is 0 Å². The highest BCUT2D eigenvalue weighted by atomic mass is 16.2. The van der Waals surface area contributed by atoms with Gasteiger partial charge in [0.1, 0.15) is 0 Å². The van der Waals surface area contributed by atoms with E-state index in [1.54, 1.807) is 0 Å². The molecule has 1 unspecified atom stereocenters. The first kappa shape index (κ1) is 19.9. The van der Waals surface area contributed by atoms with Crippen LogP contribution in [0, 0.1) is 0 Å². The SMILES string of the molecule is CCCCCCC(N)CCCCCCCCCCCO. The molecular weight excluding hydrogens is 246 g/mol. The zero-order valence-electron chi connectivity index (χ0n) is 13.9. The van der Waals surface area contributed by atoms with E-state index >= 15 is 0 Å². The topological polar surface area (TPSA) is 46.2 Å². The molecule has 0 aliphatic heterocycles. The molecule has 2 nitrogen and oxygen atoms in total. The van der Waals surface area contributed by atoms with Gasteiger partial charge in [0.15, 0.2) is 0 Å². The van der Waals surface area contributed by atoms with E-state index in [1.807, 2.05) is 0 Å². The number of rotatable bonds is 16. The zero-order chi connectivity index (χ0) is 14.9. The largest absolute Gasteiger partial charge is 0.396 e. The first-order valence-corrected chi connectivity index (χ1v) is 9.17. The second-order valence-corrected chi connectivity index (χ2v) is 6.30. The van der Waals surface area contributed by atoms with Crippen molar-refractivity contribution in [2.45, 2.75) is 109 Å².